The summed E-state index contributed by atoms with van der Waals surface area (Å²) >= 11 is 1.63. The van der Waals surface area contributed by atoms with Gasteiger partial charge in [0.15, 0.2) is 5.82 Å². The molecule has 0 aromatic carbocycles. The largest absolute Gasteiger partial charge is 0.333 e. The van der Waals surface area contributed by atoms with Gasteiger partial charge in [-0.25, -0.2) is 4.98 Å². The molecule has 5 nitrogen and oxygen atoms in total. The van der Waals surface area contributed by atoms with Crippen LogP contribution in [0.25, 0.3) is 10.8 Å². The van der Waals surface area contributed by atoms with Crippen LogP contribution in [-0.2, 0) is 12.8 Å². The Hall–Kier alpha value is -1.27. The fourth-order valence-electron chi connectivity index (χ4n) is 1.61. The van der Waals surface area contributed by atoms with Crippen LogP contribution in [0.5, 0.6) is 0 Å². The highest BCUT2D eigenvalue weighted by Gasteiger charge is 2.16. The van der Waals surface area contributed by atoms with Crippen molar-refractivity contribution in [2.75, 3.05) is 7.05 Å². The van der Waals surface area contributed by atoms with Gasteiger partial charge in [-0.05, 0) is 27.3 Å². The third kappa shape index (κ3) is 2.76. The monoisotopic (exact) mass is 266 g/mol. The number of rotatable bonds is 5. The quantitative estimate of drug-likeness (QED) is 0.899. The van der Waals surface area contributed by atoms with Gasteiger partial charge in [0, 0.05) is 12.5 Å². The Labute approximate surface area is 111 Å². The average Bonchev–Trinajstić information content (AvgIpc) is 2.95. The van der Waals surface area contributed by atoms with Gasteiger partial charge >= 0.3 is 0 Å². The number of hydrogen-bond donors (Lipinski definition) is 1. The second-order valence-corrected chi connectivity index (χ2v) is 5.37. The summed E-state index contributed by atoms with van der Waals surface area (Å²) in [4.78, 5) is 9.89. The van der Waals surface area contributed by atoms with Crippen LogP contribution in [0.4, 0.5) is 0 Å². The molecule has 2 aromatic heterocycles. The second kappa shape index (κ2) is 5.58. The molecular weight excluding hydrogens is 248 g/mol. The number of aromatic nitrogens is 3. The van der Waals surface area contributed by atoms with Gasteiger partial charge in [0.05, 0.1) is 10.7 Å². The normalized spacial score (nSPS) is 12.9. The van der Waals surface area contributed by atoms with Crippen molar-refractivity contribution in [2.24, 2.45) is 0 Å². The van der Waals surface area contributed by atoms with E-state index in [0.29, 0.717) is 11.9 Å². The van der Waals surface area contributed by atoms with Gasteiger partial charge in [0.25, 0.3) is 5.89 Å². The van der Waals surface area contributed by atoms with E-state index in [-0.39, 0.29) is 0 Å². The molecule has 0 saturated heterocycles. The lowest BCUT2D eigenvalue weighted by molar-refractivity contribution is 0.418. The van der Waals surface area contributed by atoms with Crippen LogP contribution in [0.2, 0.25) is 0 Å². The van der Waals surface area contributed by atoms with E-state index < -0.39 is 0 Å². The summed E-state index contributed by atoms with van der Waals surface area (Å²) in [6.07, 6.45) is 1.70. The van der Waals surface area contributed by atoms with Crippen molar-refractivity contribution in [3.63, 3.8) is 0 Å². The number of nitrogens with one attached hydrogen (secondary N) is 1. The average molecular weight is 266 g/mol. The molecule has 1 unspecified atom stereocenters. The zero-order valence-electron chi connectivity index (χ0n) is 11.1. The van der Waals surface area contributed by atoms with Crippen LogP contribution in [-0.4, -0.2) is 28.2 Å². The minimum Gasteiger partial charge on any atom is -0.333 e. The first-order valence-electron chi connectivity index (χ1n) is 6.10. The SMILES string of the molecule is CCc1nc(C)c(-c2nc(CC(C)NC)no2)s1. The van der Waals surface area contributed by atoms with E-state index in [1.165, 1.54) is 0 Å². The summed E-state index contributed by atoms with van der Waals surface area (Å²) in [7, 11) is 1.92. The molecule has 2 aromatic rings. The molecule has 6 heteroatoms. The molecule has 2 heterocycles. The maximum absolute atomic E-state index is 5.32. The first kappa shape index (κ1) is 13.2. The summed E-state index contributed by atoms with van der Waals surface area (Å²) in [6, 6.07) is 0.337. The van der Waals surface area contributed by atoms with Crippen LogP contribution >= 0.6 is 11.3 Å². The van der Waals surface area contributed by atoms with Gasteiger partial charge < -0.3 is 9.84 Å². The molecule has 0 saturated carbocycles. The lowest BCUT2D eigenvalue weighted by Gasteiger charge is -2.04. The highest BCUT2D eigenvalue weighted by Crippen LogP contribution is 2.28. The molecule has 0 radical (unpaired) electrons. The van der Waals surface area contributed by atoms with Gasteiger partial charge in [-0.2, -0.15) is 4.98 Å². The highest BCUT2D eigenvalue weighted by molar-refractivity contribution is 7.15. The van der Waals surface area contributed by atoms with Crippen molar-refractivity contribution >= 4 is 11.3 Å². The smallest absolute Gasteiger partial charge is 0.269 e. The summed E-state index contributed by atoms with van der Waals surface area (Å²) < 4.78 is 5.32. The molecule has 0 aliphatic carbocycles. The topological polar surface area (TPSA) is 63.8 Å². The lowest BCUT2D eigenvalue weighted by atomic mass is 10.2. The second-order valence-electron chi connectivity index (χ2n) is 4.29. The Bertz CT molecular complexity index is 520. The molecule has 1 N–H and O–H groups in total. The molecule has 0 amide bonds. The van der Waals surface area contributed by atoms with Crippen LogP contribution in [0, 0.1) is 6.92 Å². The fourth-order valence-corrected chi connectivity index (χ4v) is 2.53. The van der Waals surface area contributed by atoms with Gasteiger partial charge in [0.2, 0.25) is 0 Å². The number of hydrogen-bond acceptors (Lipinski definition) is 6. The van der Waals surface area contributed by atoms with E-state index in [1.807, 2.05) is 14.0 Å². The molecular formula is C12H18N4OS. The highest BCUT2D eigenvalue weighted by atomic mass is 32.1. The number of nitrogens with zero attached hydrogens (tertiary/aromatic N) is 3. The summed E-state index contributed by atoms with van der Waals surface area (Å²) in [5.41, 5.74) is 0.966. The Kier molecular flexibility index (Phi) is 4.08. The third-order valence-corrected chi connectivity index (χ3v) is 4.08. The first-order valence-corrected chi connectivity index (χ1v) is 6.92. The summed E-state index contributed by atoms with van der Waals surface area (Å²) in [5, 5.41) is 8.27. The van der Waals surface area contributed by atoms with Crippen LogP contribution in [0.15, 0.2) is 4.52 Å². The van der Waals surface area contributed by atoms with E-state index in [1.54, 1.807) is 11.3 Å². The molecule has 0 fully saturated rings. The minimum absolute atomic E-state index is 0.337. The maximum Gasteiger partial charge on any atom is 0.269 e. The zero-order valence-corrected chi connectivity index (χ0v) is 12.0. The van der Waals surface area contributed by atoms with Gasteiger partial charge in [-0.1, -0.05) is 12.1 Å². The molecule has 1 atom stereocenters. The number of thiazole rings is 1. The van der Waals surface area contributed by atoms with Crippen molar-refractivity contribution < 1.29 is 4.52 Å². The molecule has 18 heavy (non-hydrogen) atoms. The first-order chi connectivity index (χ1) is 8.63. The zero-order chi connectivity index (χ0) is 13.1. The Morgan fingerprint density at radius 2 is 2.17 bits per heavy atom. The van der Waals surface area contributed by atoms with Crippen molar-refractivity contribution in [3.05, 3.63) is 16.5 Å². The van der Waals surface area contributed by atoms with E-state index in [4.69, 9.17) is 4.52 Å². The van der Waals surface area contributed by atoms with Gasteiger partial charge in [-0.15, -0.1) is 11.3 Å². The van der Waals surface area contributed by atoms with Crippen LogP contribution in [0.3, 0.4) is 0 Å². The van der Waals surface area contributed by atoms with Gasteiger partial charge in [0.1, 0.15) is 4.88 Å². The van der Waals surface area contributed by atoms with E-state index >= 15 is 0 Å². The van der Waals surface area contributed by atoms with E-state index in [2.05, 4.69) is 34.3 Å². The number of likely N-dealkylation sites (N-methyl/N-ethyl adjacent to an activating group) is 1. The third-order valence-electron chi connectivity index (χ3n) is 2.79. The Balaban J connectivity index is 2.20. The molecule has 0 spiro atoms. The van der Waals surface area contributed by atoms with Crippen molar-refractivity contribution in [1.82, 2.24) is 20.4 Å². The minimum atomic E-state index is 0.337. The predicted molar refractivity (Wildman–Crippen MR) is 71.7 cm³/mol. The van der Waals surface area contributed by atoms with E-state index in [9.17, 15) is 0 Å². The van der Waals surface area contributed by atoms with Crippen molar-refractivity contribution in [3.8, 4) is 10.8 Å². The fraction of sp³-hybridized carbons (Fsp3) is 0.583. The molecule has 0 aliphatic rings. The van der Waals surface area contributed by atoms with Crippen LogP contribution in [0.1, 0.15) is 30.4 Å². The molecule has 98 valence electrons. The molecule has 2 rings (SSSR count). The maximum atomic E-state index is 5.32. The van der Waals surface area contributed by atoms with Crippen molar-refractivity contribution in [2.45, 2.75) is 39.7 Å². The lowest BCUT2D eigenvalue weighted by Crippen LogP contribution is -2.24. The van der Waals surface area contributed by atoms with E-state index in [0.717, 1.165) is 34.2 Å². The molecule has 0 bridgehead atoms. The summed E-state index contributed by atoms with van der Waals surface area (Å²) in [6.45, 7) is 6.16. The predicted octanol–water partition coefficient (Wildman–Crippen LogP) is 2.21. The Morgan fingerprint density at radius 1 is 1.39 bits per heavy atom. The summed E-state index contributed by atoms with van der Waals surface area (Å²) in [5.74, 6) is 1.32. The molecule has 0 aliphatic heterocycles. The van der Waals surface area contributed by atoms with Gasteiger partial charge in [-0.3, -0.25) is 0 Å². The van der Waals surface area contributed by atoms with Crippen molar-refractivity contribution in [1.29, 1.82) is 0 Å². The standard InChI is InChI=1S/C12H18N4OS/c1-5-10-14-8(3)11(18-10)12-15-9(16-17-12)6-7(2)13-4/h7,13H,5-6H2,1-4H3. The van der Waals surface area contributed by atoms with Crippen LogP contribution < -0.4 is 5.32 Å². The Morgan fingerprint density at radius 3 is 2.78 bits per heavy atom. The number of aryl methyl sites for hydroxylation is 2.